The lowest BCUT2D eigenvalue weighted by Gasteiger charge is -2.06. The molecule has 0 amide bonds. The van der Waals surface area contributed by atoms with Crippen LogP contribution in [0.25, 0.3) is 0 Å². The van der Waals surface area contributed by atoms with Gasteiger partial charge in [-0.2, -0.15) is 5.10 Å². The number of hydrogen-bond donors (Lipinski definition) is 1. The highest BCUT2D eigenvalue weighted by atomic mass is 15.3. The smallest absolute Gasteiger partial charge is 0.0537 e. The number of nitrogens with zero attached hydrogens (tertiary/aromatic N) is 2. The molecule has 1 rings (SSSR count). The molecule has 0 radical (unpaired) electrons. The van der Waals surface area contributed by atoms with Gasteiger partial charge in [0.15, 0.2) is 0 Å². The highest BCUT2D eigenvalue weighted by Crippen LogP contribution is 2.09. The van der Waals surface area contributed by atoms with Crippen molar-refractivity contribution in [2.45, 2.75) is 59.4 Å². The number of aromatic nitrogens is 2. The third kappa shape index (κ3) is 5.67. The number of hydrogen-bond acceptors (Lipinski definition) is 2. The number of aryl methyl sites for hydroxylation is 1. The van der Waals surface area contributed by atoms with E-state index in [4.69, 9.17) is 0 Å². The van der Waals surface area contributed by atoms with Gasteiger partial charge in [-0.25, -0.2) is 0 Å². The summed E-state index contributed by atoms with van der Waals surface area (Å²) in [6, 6.07) is 0. The summed E-state index contributed by atoms with van der Waals surface area (Å²) in [7, 11) is 1.99. The van der Waals surface area contributed by atoms with E-state index in [0.717, 1.165) is 19.0 Å². The number of unbranched alkanes of at least 4 members (excludes halogenated alkanes) is 3. The number of nitrogens with one attached hydrogen (secondary N) is 1. The van der Waals surface area contributed by atoms with E-state index < -0.39 is 0 Å². The van der Waals surface area contributed by atoms with Crippen LogP contribution in [0.15, 0.2) is 6.20 Å². The fraction of sp³-hybridized carbons (Fsp3) is 0.800. The summed E-state index contributed by atoms with van der Waals surface area (Å²) < 4.78 is 1.93. The van der Waals surface area contributed by atoms with Crippen molar-refractivity contribution in [2.75, 3.05) is 6.54 Å². The maximum atomic E-state index is 4.25. The third-order valence-electron chi connectivity index (χ3n) is 3.54. The molecule has 3 heteroatoms. The maximum Gasteiger partial charge on any atom is 0.0537 e. The molecule has 0 bridgehead atoms. The van der Waals surface area contributed by atoms with Gasteiger partial charge < -0.3 is 5.32 Å². The first-order valence-electron chi connectivity index (χ1n) is 7.29. The van der Waals surface area contributed by atoms with E-state index >= 15 is 0 Å². The Morgan fingerprint density at radius 3 is 2.56 bits per heavy atom. The van der Waals surface area contributed by atoms with Crippen LogP contribution in [0.5, 0.6) is 0 Å². The molecule has 0 aliphatic heterocycles. The predicted molar refractivity (Wildman–Crippen MR) is 77.6 cm³/mol. The topological polar surface area (TPSA) is 29.9 Å². The molecule has 0 saturated heterocycles. The van der Waals surface area contributed by atoms with E-state index in [1.54, 1.807) is 0 Å². The van der Waals surface area contributed by atoms with Gasteiger partial charge in [-0.3, -0.25) is 4.68 Å². The van der Waals surface area contributed by atoms with Crippen LogP contribution >= 0.6 is 0 Å². The molecule has 0 aromatic carbocycles. The van der Waals surface area contributed by atoms with E-state index in [9.17, 15) is 0 Å². The van der Waals surface area contributed by atoms with E-state index in [1.165, 1.54) is 43.4 Å². The SMILES string of the molecule is Cc1c(CNCCCCCCC(C)C)cnn1C. The zero-order chi connectivity index (χ0) is 13.4. The minimum absolute atomic E-state index is 0.858. The molecule has 1 aromatic rings. The van der Waals surface area contributed by atoms with Gasteiger partial charge in [-0.1, -0.05) is 39.5 Å². The zero-order valence-electron chi connectivity index (χ0n) is 12.5. The first kappa shape index (κ1) is 15.2. The summed E-state index contributed by atoms with van der Waals surface area (Å²) >= 11 is 0. The van der Waals surface area contributed by atoms with Crippen molar-refractivity contribution in [1.82, 2.24) is 15.1 Å². The standard InChI is InChI=1S/C15H29N3/c1-13(2)9-7-5-6-8-10-16-11-15-12-17-18(4)14(15)3/h12-13,16H,5-11H2,1-4H3. The fourth-order valence-corrected chi connectivity index (χ4v) is 2.10. The second-order valence-electron chi connectivity index (χ2n) is 5.65. The van der Waals surface area contributed by atoms with Crippen molar-refractivity contribution in [2.24, 2.45) is 13.0 Å². The van der Waals surface area contributed by atoms with Crippen LogP contribution in [0.4, 0.5) is 0 Å². The highest BCUT2D eigenvalue weighted by molar-refractivity contribution is 5.15. The normalized spacial score (nSPS) is 11.4. The molecule has 0 unspecified atom stereocenters. The minimum atomic E-state index is 0.858. The quantitative estimate of drug-likeness (QED) is 0.682. The molecule has 0 saturated carbocycles. The Morgan fingerprint density at radius 1 is 1.22 bits per heavy atom. The average Bonchev–Trinajstić information content (AvgIpc) is 2.64. The fourth-order valence-electron chi connectivity index (χ4n) is 2.10. The number of rotatable bonds is 9. The van der Waals surface area contributed by atoms with Crippen molar-refractivity contribution in [3.8, 4) is 0 Å². The lowest BCUT2D eigenvalue weighted by Crippen LogP contribution is -2.15. The molecule has 3 nitrogen and oxygen atoms in total. The average molecular weight is 251 g/mol. The molecule has 0 atom stereocenters. The molecule has 0 fully saturated rings. The van der Waals surface area contributed by atoms with E-state index in [-0.39, 0.29) is 0 Å². The van der Waals surface area contributed by atoms with Crippen molar-refractivity contribution < 1.29 is 0 Å². The maximum absolute atomic E-state index is 4.25. The van der Waals surface area contributed by atoms with Crippen molar-refractivity contribution >= 4 is 0 Å². The molecule has 104 valence electrons. The molecule has 1 aromatic heterocycles. The van der Waals surface area contributed by atoms with Crippen LogP contribution in [-0.2, 0) is 13.6 Å². The van der Waals surface area contributed by atoms with Crippen molar-refractivity contribution in [3.63, 3.8) is 0 Å². The third-order valence-corrected chi connectivity index (χ3v) is 3.54. The Kier molecular flexibility index (Phi) is 7.02. The van der Waals surface area contributed by atoms with Crippen LogP contribution in [0, 0.1) is 12.8 Å². The lowest BCUT2D eigenvalue weighted by molar-refractivity contribution is 0.512. The summed E-state index contributed by atoms with van der Waals surface area (Å²) in [4.78, 5) is 0. The molecular weight excluding hydrogens is 222 g/mol. The zero-order valence-corrected chi connectivity index (χ0v) is 12.5. The highest BCUT2D eigenvalue weighted by Gasteiger charge is 2.02. The Hall–Kier alpha value is -0.830. The summed E-state index contributed by atoms with van der Waals surface area (Å²) in [5.74, 6) is 0.858. The molecule has 18 heavy (non-hydrogen) atoms. The molecule has 1 heterocycles. The van der Waals surface area contributed by atoms with Gasteiger partial charge in [0.05, 0.1) is 6.20 Å². The van der Waals surface area contributed by atoms with Crippen LogP contribution in [0.2, 0.25) is 0 Å². The summed E-state index contributed by atoms with van der Waals surface area (Å²) in [6.07, 6.45) is 8.75. The van der Waals surface area contributed by atoms with Crippen LogP contribution in [0.1, 0.15) is 57.2 Å². The van der Waals surface area contributed by atoms with Crippen LogP contribution in [-0.4, -0.2) is 16.3 Å². The van der Waals surface area contributed by atoms with E-state index in [1.807, 2.05) is 17.9 Å². The van der Waals surface area contributed by atoms with Gasteiger partial charge >= 0.3 is 0 Å². The van der Waals surface area contributed by atoms with Gasteiger partial charge in [0.25, 0.3) is 0 Å². The van der Waals surface area contributed by atoms with Crippen LogP contribution < -0.4 is 5.32 Å². The largest absolute Gasteiger partial charge is 0.313 e. The summed E-state index contributed by atoms with van der Waals surface area (Å²) in [5, 5.41) is 7.75. The molecule has 1 N–H and O–H groups in total. The second-order valence-corrected chi connectivity index (χ2v) is 5.65. The minimum Gasteiger partial charge on any atom is -0.313 e. The van der Waals surface area contributed by atoms with Gasteiger partial charge in [0.1, 0.15) is 0 Å². The van der Waals surface area contributed by atoms with E-state index in [2.05, 4.69) is 31.2 Å². The van der Waals surface area contributed by atoms with E-state index in [0.29, 0.717) is 0 Å². The van der Waals surface area contributed by atoms with Crippen LogP contribution in [0.3, 0.4) is 0 Å². The van der Waals surface area contributed by atoms with Gasteiger partial charge in [0, 0.05) is 24.8 Å². The lowest BCUT2D eigenvalue weighted by atomic mass is 10.0. The Balaban J connectivity index is 1.97. The Bertz CT molecular complexity index is 328. The monoisotopic (exact) mass is 251 g/mol. The van der Waals surface area contributed by atoms with Gasteiger partial charge in [-0.05, 0) is 25.8 Å². The Labute approximate surface area is 112 Å². The van der Waals surface area contributed by atoms with Gasteiger partial charge in [-0.15, -0.1) is 0 Å². The first-order valence-corrected chi connectivity index (χ1v) is 7.29. The summed E-state index contributed by atoms with van der Waals surface area (Å²) in [6.45, 7) is 8.80. The molecule has 0 aliphatic rings. The Morgan fingerprint density at radius 2 is 1.94 bits per heavy atom. The summed E-state index contributed by atoms with van der Waals surface area (Å²) in [5.41, 5.74) is 2.58. The van der Waals surface area contributed by atoms with Crippen molar-refractivity contribution in [1.29, 1.82) is 0 Å². The van der Waals surface area contributed by atoms with Crippen molar-refractivity contribution in [3.05, 3.63) is 17.5 Å². The second kappa shape index (κ2) is 8.30. The van der Waals surface area contributed by atoms with Gasteiger partial charge in [0.2, 0.25) is 0 Å². The predicted octanol–water partition coefficient (Wildman–Crippen LogP) is 3.42. The molecular formula is C15H29N3. The molecule has 0 aliphatic carbocycles. The molecule has 0 spiro atoms. The first-order chi connectivity index (χ1) is 8.61.